The molecular formula is C10H17N5OS. The molecular weight excluding hydrogens is 238 g/mol. The highest BCUT2D eigenvalue weighted by Gasteiger charge is 2.36. The molecule has 94 valence electrons. The summed E-state index contributed by atoms with van der Waals surface area (Å²) in [6, 6.07) is 0. The molecule has 0 spiro atoms. The Bertz CT molecular complexity index is 405. The molecule has 1 aromatic heterocycles. The highest BCUT2D eigenvalue weighted by molar-refractivity contribution is 7.80. The Morgan fingerprint density at radius 3 is 2.76 bits per heavy atom. The van der Waals surface area contributed by atoms with Gasteiger partial charge in [0.2, 0.25) is 5.91 Å². The van der Waals surface area contributed by atoms with Gasteiger partial charge in [-0.15, -0.1) is 0 Å². The van der Waals surface area contributed by atoms with E-state index in [4.69, 9.17) is 18.0 Å². The van der Waals surface area contributed by atoms with Crippen molar-refractivity contribution in [2.24, 2.45) is 11.1 Å². The molecule has 0 aromatic carbocycles. The number of rotatable bonds is 5. The van der Waals surface area contributed by atoms with Gasteiger partial charge in [-0.3, -0.25) is 9.89 Å². The van der Waals surface area contributed by atoms with Crippen molar-refractivity contribution in [3.8, 4) is 0 Å². The molecule has 0 radical (unpaired) electrons. The second-order valence-corrected chi connectivity index (χ2v) is 4.58. The third-order valence-corrected chi connectivity index (χ3v) is 3.37. The van der Waals surface area contributed by atoms with Crippen LogP contribution in [0.1, 0.15) is 26.1 Å². The van der Waals surface area contributed by atoms with Crippen molar-refractivity contribution < 1.29 is 4.79 Å². The quantitative estimate of drug-likeness (QED) is 0.747. The summed E-state index contributed by atoms with van der Waals surface area (Å²) in [6.45, 7) is 4.00. The highest BCUT2D eigenvalue weighted by Crippen LogP contribution is 2.24. The van der Waals surface area contributed by atoms with Crippen molar-refractivity contribution in [2.75, 3.05) is 7.05 Å². The average Bonchev–Trinajstić information content (AvgIpc) is 2.79. The maximum absolute atomic E-state index is 12.3. The molecule has 0 saturated carbocycles. The number of hydrogen-bond donors (Lipinski definition) is 2. The van der Waals surface area contributed by atoms with Crippen LogP contribution >= 0.6 is 12.2 Å². The van der Waals surface area contributed by atoms with Crippen molar-refractivity contribution in [1.82, 2.24) is 20.1 Å². The number of amides is 1. The molecule has 0 bridgehead atoms. The van der Waals surface area contributed by atoms with E-state index in [-0.39, 0.29) is 10.9 Å². The first kappa shape index (κ1) is 13.6. The molecule has 1 amide bonds. The molecule has 0 fully saturated rings. The molecule has 0 aliphatic heterocycles. The lowest BCUT2D eigenvalue weighted by Gasteiger charge is -2.30. The Kier molecular flexibility index (Phi) is 4.17. The largest absolute Gasteiger partial charge is 0.392 e. The maximum atomic E-state index is 12.3. The van der Waals surface area contributed by atoms with Crippen molar-refractivity contribution in [2.45, 2.75) is 26.8 Å². The third kappa shape index (κ3) is 2.79. The zero-order valence-corrected chi connectivity index (χ0v) is 11.0. The first-order valence-corrected chi connectivity index (χ1v) is 5.72. The van der Waals surface area contributed by atoms with Gasteiger partial charge >= 0.3 is 0 Å². The Labute approximate surface area is 106 Å². The van der Waals surface area contributed by atoms with Crippen LogP contribution in [-0.4, -0.2) is 38.0 Å². The van der Waals surface area contributed by atoms with E-state index in [9.17, 15) is 4.79 Å². The lowest BCUT2D eigenvalue weighted by atomic mass is 9.86. The number of nitrogens with one attached hydrogen (secondary N) is 1. The zero-order chi connectivity index (χ0) is 13.1. The number of nitrogens with zero attached hydrogens (tertiary/aromatic N) is 3. The smallest absolute Gasteiger partial charge is 0.235 e. The van der Waals surface area contributed by atoms with Crippen LogP contribution in [0.25, 0.3) is 0 Å². The normalized spacial score (nSPS) is 14.1. The summed E-state index contributed by atoms with van der Waals surface area (Å²) < 4.78 is 0. The number of H-pyrrole nitrogens is 1. The minimum absolute atomic E-state index is 0.107. The van der Waals surface area contributed by atoms with Crippen LogP contribution in [0.5, 0.6) is 0 Å². The highest BCUT2D eigenvalue weighted by atomic mass is 32.1. The zero-order valence-electron chi connectivity index (χ0n) is 10.2. The number of aromatic nitrogens is 3. The van der Waals surface area contributed by atoms with E-state index in [1.54, 1.807) is 18.9 Å². The van der Waals surface area contributed by atoms with Crippen LogP contribution in [0.2, 0.25) is 0 Å². The summed E-state index contributed by atoms with van der Waals surface area (Å²) in [5.41, 5.74) is 4.84. The molecule has 1 heterocycles. The SMILES string of the molecule is CCC(C)(C(=O)N(C)Cc1ncn[nH]1)C(N)=S. The van der Waals surface area contributed by atoms with Gasteiger partial charge in [-0.2, -0.15) is 5.10 Å². The van der Waals surface area contributed by atoms with Crippen molar-refractivity contribution >= 4 is 23.1 Å². The molecule has 7 heteroatoms. The molecule has 0 aliphatic rings. The third-order valence-electron chi connectivity index (χ3n) is 2.92. The van der Waals surface area contributed by atoms with Crippen LogP contribution in [0.15, 0.2) is 6.33 Å². The lowest BCUT2D eigenvalue weighted by molar-refractivity contribution is -0.137. The van der Waals surface area contributed by atoms with Gasteiger partial charge in [0, 0.05) is 7.05 Å². The van der Waals surface area contributed by atoms with Crippen LogP contribution in [0, 0.1) is 5.41 Å². The fourth-order valence-corrected chi connectivity index (χ4v) is 1.69. The predicted molar refractivity (Wildman–Crippen MR) is 68.0 cm³/mol. The van der Waals surface area contributed by atoms with Crippen molar-refractivity contribution in [3.05, 3.63) is 12.2 Å². The maximum Gasteiger partial charge on any atom is 0.235 e. The first-order chi connectivity index (χ1) is 7.91. The summed E-state index contributed by atoms with van der Waals surface area (Å²) >= 11 is 4.97. The van der Waals surface area contributed by atoms with E-state index >= 15 is 0 Å². The summed E-state index contributed by atoms with van der Waals surface area (Å²) in [4.78, 5) is 18.0. The van der Waals surface area contributed by atoms with E-state index in [0.717, 1.165) is 0 Å². The molecule has 1 unspecified atom stereocenters. The number of hydrogen-bond acceptors (Lipinski definition) is 4. The summed E-state index contributed by atoms with van der Waals surface area (Å²) in [7, 11) is 1.69. The monoisotopic (exact) mass is 255 g/mol. The Morgan fingerprint density at radius 1 is 1.71 bits per heavy atom. The molecule has 0 saturated heterocycles. The number of nitrogens with two attached hydrogens (primary N) is 1. The summed E-state index contributed by atoms with van der Waals surface area (Å²) in [6.07, 6.45) is 1.97. The first-order valence-electron chi connectivity index (χ1n) is 5.31. The van der Waals surface area contributed by atoms with E-state index in [1.165, 1.54) is 6.33 Å². The fraction of sp³-hybridized carbons (Fsp3) is 0.600. The van der Waals surface area contributed by atoms with Gasteiger partial charge in [-0.25, -0.2) is 4.98 Å². The van der Waals surface area contributed by atoms with Gasteiger partial charge in [0.05, 0.1) is 16.9 Å². The summed E-state index contributed by atoms with van der Waals surface area (Å²) in [5.74, 6) is 0.520. The fourth-order valence-electron chi connectivity index (χ4n) is 1.46. The second-order valence-electron chi connectivity index (χ2n) is 4.14. The van der Waals surface area contributed by atoms with Crippen LogP contribution in [0.4, 0.5) is 0 Å². The molecule has 6 nitrogen and oxygen atoms in total. The van der Waals surface area contributed by atoms with Crippen LogP contribution in [-0.2, 0) is 11.3 Å². The predicted octanol–water partition coefficient (Wildman–Crippen LogP) is 0.466. The van der Waals surface area contributed by atoms with Gasteiger partial charge < -0.3 is 10.6 Å². The van der Waals surface area contributed by atoms with Gasteiger partial charge in [-0.1, -0.05) is 19.1 Å². The Morgan fingerprint density at radius 2 is 2.35 bits per heavy atom. The van der Waals surface area contributed by atoms with E-state index in [0.29, 0.717) is 18.8 Å². The van der Waals surface area contributed by atoms with E-state index < -0.39 is 5.41 Å². The Hall–Kier alpha value is -1.50. The number of thiocarbonyl (C=S) groups is 1. The van der Waals surface area contributed by atoms with E-state index in [1.807, 2.05) is 6.92 Å². The lowest BCUT2D eigenvalue weighted by Crippen LogP contribution is -2.47. The minimum atomic E-state index is -0.801. The minimum Gasteiger partial charge on any atom is -0.392 e. The van der Waals surface area contributed by atoms with E-state index in [2.05, 4.69) is 15.2 Å². The van der Waals surface area contributed by atoms with Crippen LogP contribution < -0.4 is 5.73 Å². The molecule has 1 atom stereocenters. The number of carbonyl (C=O) groups excluding carboxylic acids is 1. The summed E-state index contributed by atoms with van der Waals surface area (Å²) in [5, 5.41) is 6.43. The topological polar surface area (TPSA) is 87.9 Å². The van der Waals surface area contributed by atoms with Crippen molar-refractivity contribution in [1.29, 1.82) is 0 Å². The number of aromatic amines is 1. The average molecular weight is 255 g/mol. The van der Waals surface area contributed by atoms with Crippen molar-refractivity contribution in [3.63, 3.8) is 0 Å². The standard InChI is InChI=1S/C10H17N5OS/c1-4-10(2,8(11)17)9(16)15(3)5-7-12-6-13-14-7/h6H,4-5H2,1-3H3,(H2,11,17)(H,12,13,14). The second kappa shape index (κ2) is 5.22. The van der Waals surface area contributed by atoms with Gasteiger partial charge in [-0.05, 0) is 13.3 Å². The van der Waals surface area contributed by atoms with Gasteiger partial charge in [0.15, 0.2) is 0 Å². The molecule has 3 N–H and O–H groups in total. The molecule has 0 aliphatic carbocycles. The van der Waals surface area contributed by atoms with Gasteiger partial charge in [0.25, 0.3) is 0 Å². The molecule has 1 rings (SSSR count). The number of carbonyl (C=O) groups is 1. The molecule has 1 aromatic rings. The molecule has 17 heavy (non-hydrogen) atoms. The Balaban J connectivity index is 2.78. The van der Waals surface area contributed by atoms with Crippen LogP contribution in [0.3, 0.4) is 0 Å². The van der Waals surface area contributed by atoms with Gasteiger partial charge in [0.1, 0.15) is 12.2 Å².